The molecule has 0 unspecified atom stereocenters. The Balaban J connectivity index is 2.61. The highest BCUT2D eigenvalue weighted by atomic mass is 16.6. The molecule has 0 radical (unpaired) electrons. The predicted molar refractivity (Wildman–Crippen MR) is 86.8 cm³/mol. The third kappa shape index (κ3) is 6.00. The minimum absolute atomic E-state index is 0.0811. The van der Waals surface area contributed by atoms with Crippen molar-refractivity contribution in [1.29, 1.82) is 0 Å². The Morgan fingerprint density at radius 3 is 2.38 bits per heavy atom. The van der Waals surface area contributed by atoms with Crippen LogP contribution in [0, 0.1) is 0 Å². The highest BCUT2D eigenvalue weighted by Crippen LogP contribution is 2.14. The van der Waals surface area contributed by atoms with Crippen LogP contribution in [0.15, 0.2) is 35.9 Å². The summed E-state index contributed by atoms with van der Waals surface area (Å²) in [6.45, 7) is 10.1. The standard InChI is InChI=1S/C17H26N2O2/c1-6-15(16(20)21-17(3,4)5)12(2)19-11-13-7-9-14(18)10-8-13/h6-10,12,19H,11,18H2,1-5H3/b15-6+/t12-/m0/s1. The number of nitrogen functional groups attached to an aromatic ring is 1. The average Bonchev–Trinajstić information content (AvgIpc) is 2.36. The molecule has 116 valence electrons. The van der Waals surface area contributed by atoms with E-state index in [2.05, 4.69) is 5.32 Å². The molecule has 3 N–H and O–H groups in total. The molecule has 0 aliphatic carbocycles. The fraction of sp³-hybridized carbons (Fsp3) is 0.471. The van der Waals surface area contributed by atoms with E-state index in [1.807, 2.05) is 58.9 Å². The van der Waals surface area contributed by atoms with Crippen molar-refractivity contribution in [2.45, 2.75) is 52.8 Å². The van der Waals surface area contributed by atoms with Gasteiger partial charge in [0, 0.05) is 23.8 Å². The first-order chi connectivity index (χ1) is 9.73. The summed E-state index contributed by atoms with van der Waals surface area (Å²) in [5.74, 6) is -0.276. The second kappa shape index (κ2) is 7.27. The molecule has 0 saturated heterocycles. The molecule has 1 rings (SSSR count). The van der Waals surface area contributed by atoms with Crippen LogP contribution in [0.5, 0.6) is 0 Å². The van der Waals surface area contributed by atoms with E-state index in [0.717, 1.165) is 11.3 Å². The van der Waals surface area contributed by atoms with Crippen molar-refractivity contribution in [2.24, 2.45) is 0 Å². The van der Waals surface area contributed by atoms with Gasteiger partial charge in [0.2, 0.25) is 0 Å². The third-order valence-electron chi connectivity index (χ3n) is 3.00. The topological polar surface area (TPSA) is 64.3 Å². The monoisotopic (exact) mass is 290 g/mol. The van der Waals surface area contributed by atoms with Gasteiger partial charge in [-0.2, -0.15) is 0 Å². The van der Waals surface area contributed by atoms with Gasteiger partial charge < -0.3 is 15.8 Å². The smallest absolute Gasteiger partial charge is 0.335 e. The Morgan fingerprint density at radius 1 is 1.33 bits per heavy atom. The zero-order chi connectivity index (χ0) is 16.0. The van der Waals surface area contributed by atoms with Gasteiger partial charge in [-0.3, -0.25) is 0 Å². The second-order valence-electron chi connectivity index (χ2n) is 6.09. The first-order valence-electron chi connectivity index (χ1n) is 7.20. The summed E-state index contributed by atoms with van der Waals surface area (Å²) >= 11 is 0. The summed E-state index contributed by atoms with van der Waals surface area (Å²) in [4.78, 5) is 12.1. The van der Waals surface area contributed by atoms with Crippen LogP contribution in [0.25, 0.3) is 0 Å². The van der Waals surface area contributed by atoms with Gasteiger partial charge >= 0.3 is 5.97 Å². The Hall–Kier alpha value is -1.81. The van der Waals surface area contributed by atoms with Crippen LogP contribution in [-0.4, -0.2) is 17.6 Å². The number of esters is 1. The van der Waals surface area contributed by atoms with Crippen LogP contribution in [-0.2, 0) is 16.1 Å². The molecule has 0 bridgehead atoms. The predicted octanol–water partition coefficient (Wildman–Crippen LogP) is 3.03. The van der Waals surface area contributed by atoms with Gasteiger partial charge in [0.1, 0.15) is 5.60 Å². The number of hydrogen-bond acceptors (Lipinski definition) is 4. The Kier molecular flexibility index (Phi) is 5.97. The van der Waals surface area contributed by atoms with Crippen molar-refractivity contribution in [1.82, 2.24) is 5.32 Å². The van der Waals surface area contributed by atoms with Gasteiger partial charge in [0.15, 0.2) is 0 Å². The molecule has 0 spiro atoms. The Morgan fingerprint density at radius 2 is 1.90 bits per heavy atom. The summed E-state index contributed by atoms with van der Waals surface area (Å²) in [6, 6.07) is 7.59. The number of anilines is 1. The molecule has 1 aromatic rings. The third-order valence-corrected chi connectivity index (χ3v) is 3.00. The number of carbonyl (C=O) groups is 1. The molecule has 1 atom stereocenters. The fourth-order valence-electron chi connectivity index (χ4n) is 1.90. The summed E-state index contributed by atoms with van der Waals surface area (Å²) in [5, 5.41) is 3.33. The first kappa shape index (κ1) is 17.2. The van der Waals surface area contributed by atoms with Crippen LogP contribution < -0.4 is 11.1 Å². The maximum Gasteiger partial charge on any atom is 0.335 e. The van der Waals surface area contributed by atoms with E-state index in [4.69, 9.17) is 10.5 Å². The molecule has 21 heavy (non-hydrogen) atoms. The van der Waals surface area contributed by atoms with E-state index >= 15 is 0 Å². The number of carbonyl (C=O) groups excluding carboxylic acids is 1. The summed E-state index contributed by atoms with van der Waals surface area (Å²) in [6.07, 6.45) is 1.80. The molecule has 4 nitrogen and oxygen atoms in total. The maximum atomic E-state index is 12.1. The van der Waals surface area contributed by atoms with Crippen molar-refractivity contribution in [3.05, 3.63) is 41.5 Å². The largest absolute Gasteiger partial charge is 0.457 e. The Bertz CT molecular complexity index is 499. The number of nitrogens with two attached hydrogens (primary N) is 1. The van der Waals surface area contributed by atoms with Crippen molar-refractivity contribution in [2.75, 3.05) is 5.73 Å². The van der Waals surface area contributed by atoms with Crippen molar-refractivity contribution in [3.63, 3.8) is 0 Å². The SMILES string of the molecule is C/C=C(/C(=O)OC(C)(C)C)[C@H](C)NCc1ccc(N)cc1. The van der Waals surface area contributed by atoms with E-state index in [9.17, 15) is 4.79 Å². The van der Waals surface area contributed by atoms with Gasteiger partial charge in [-0.25, -0.2) is 4.79 Å². The van der Waals surface area contributed by atoms with E-state index in [1.165, 1.54) is 0 Å². The Labute approximate surface area is 127 Å². The number of ether oxygens (including phenoxy) is 1. The highest BCUT2D eigenvalue weighted by molar-refractivity contribution is 5.89. The summed E-state index contributed by atoms with van der Waals surface area (Å²) in [5.41, 5.74) is 7.68. The zero-order valence-electron chi connectivity index (χ0n) is 13.6. The molecular weight excluding hydrogens is 264 g/mol. The lowest BCUT2D eigenvalue weighted by molar-refractivity contribution is -0.150. The second-order valence-corrected chi connectivity index (χ2v) is 6.09. The number of rotatable bonds is 5. The highest BCUT2D eigenvalue weighted by Gasteiger charge is 2.22. The van der Waals surface area contributed by atoms with Gasteiger partial charge in [0.05, 0.1) is 0 Å². The first-order valence-corrected chi connectivity index (χ1v) is 7.20. The van der Waals surface area contributed by atoms with Gasteiger partial charge in [-0.15, -0.1) is 0 Å². The van der Waals surface area contributed by atoms with E-state index in [-0.39, 0.29) is 12.0 Å². The van der Waals surface area contributed by atoms with Crippen LogP contribution in [0.1, 0.15) is 40.2 Å². The van der Waals surface area contributed by atoms with E-state index < -0.39 is 5.60 Å². The minimum atomic E-state index is -0.484. The normalized spacial score (nSPS) is 13.9. The number of allylic oxidation sites excluding steroid dienone is 1. The molecule has 0 amide bonds. The van der Waals surface area contributed by atoms with Crippen LogP contribution in [0.4, 0.5) is 5.69 Å². The molecular formula is C17H26N2O2. The summed E-state index contributed by atoms with van der Waals surface area (Å²) < 4.78 is 5.42. The lowest BCUT2D eigenvalue weighted by Gasteiger charge is -2.23. The molecule has 0 aliphatic rings. The molecule has 0 heterocycles. The quantitative estimate of drug-likeness (QED) is 0.497. The van der Waals surface area contributed by atoms with E-state index in [1.54, 1.807) is 6.08 Å². The number of nitrogens with one attached hydrogen (secondary N) is 1. The van der Waals surface area contributed by atoms with Crippen LogP contribution in [0.3, 0.4) is 0 Å². The summed E-state index contributed by atoms with van der Waals surface area (Å²) in [7, 11) is 0. The van der Waals surface area contributed by atoms with Gasteiger partial charge in [0.25, 0.3) is 0 Å². The van der Waals surface area contributed by atoms with Crippen LogP contribution in [0.2, 0.25) is 0 Å². The van der Waals surface area contributed by atoms with Gasteiger partial charge in [-0.05, 0) is 52.3 Å². The lowest BCUT2D eigenvalue weighted by Crippen LogP contribution is -2.34. The molecule has 4 heteroatoms. The molecule has 0 fully saturated rings. The molecule has 1 aromatic carbocycles. The van der Waals surface area contributed by atoms with Crippen LogP contribution >= 0.6 is 0 Å². The maximum absolute atomic E-state index is 12.1. The number of hydrogen-bond donors (Lipinski definition) is 2. The van der Waals surface area contributed by atoms with Crippen molar-refractivity contribution >= 4 is 11.7 Å². The average molecular weight is 290 g/mol. The zero-order valence-corrected chi connectivity index (χ0v) is 13.6. The van der Waals surface area contributed by atoms with E-state index in [0.29, 0.717) is 12.1 Å². The van der Waals surface area contributed by atoms with Crippen molar-refractivity contribution in [3.8, 4) is 0 Å². The molecule has 0 aromatic heterocycles. The van der Waals surface area contributed by atoms with Crippen molar-refractivity contribution < 1.29 is 9.53 Å². The fourth-order valence-corrected chi connectivity index (χ4v) is 1.90. The molecule has 0 saturated carbocycles. The molecule has 0 aliphatic heterocycles. The number of benzene rings is 1. The van der Waals surface area contributed by atoms with Gasteiger partial charge in [-0.1, -0.05) is 18.2 Å². The lowest BCUT2D eigenvalue weighted by atomic mass is 10.1. The minimum Gasteiger partial charge on any atom is -0.457 e.